The Kier molecular flexibility index (Phi) is 5.97. The number of aryl methyl sites for hydroxylation is 1. The number of nitrogens with one attached hydrogen (secondary N) is 4. The van der Waals surface area contributed by atoms with E-state index in [4.69, 9.17) is 0 Å². The SMILES string of the molecule is Cc1cc(C2NNC3C(F)C(NC(=O)N[C@H](C)c4ccc(F)cc4)CCC23)ccn1. The summed E-state index contributed by atoms with van der Waals surface area (Å²) < 4.78 is 28.3. The first-order valence-corrected chi connectivity index (χ1v) is 10.3. The van der Waals surface area contributed by atoms with E-state index in [1.54, 1.807) is 25.3 Å². The van der Waals surface area contributed by atoms with E-state index in [0.717, 1.165) is 23.2 Å². The number of alkyl halides is 1. The van der Waals surface area contributed by atoms with Gasteiger partial charge in [-0.1, -0.05) is 12.1 Å². The average Bonchev–Trinajstić information content (AvgIpc) is 3.15. The van der Waals surface area contributed by atoms with Gasteiger partial charge in [0.25, 0.3) is 0 Å². The molecule has 1 saturated carbocycles. The Morgan fingerprint density at radius 1 is 1.20 bits per heavy atom. The molecule has 6 nitrogen and oxygen atoms in total. The summed E-state index contributed by atoms with van der Waals surface area (Å²) in [4.78, 5) is 16.6. The van der Waals surface area contributed by atoms with Gasteiger partial charge in [0.2, 0.25) is 0 Å². The molecule has 1 aromatic carbocycles. The number of pyridine rings is 1. The third-order valence-electron chi connectivity index (χ3n) is 6.15. The minimum atomic E-state index is -1.21. The first kappa shape index (κ1) is 20.7. The molecular formula is C22H27F2N5O. The molecule has 2 aromatic rings. The van der Waals surface area contributed by atoms with Gasteiger partial charge in [-0.2, -0.15) is 0 Å². The fourth-order valence-electron chi connectivity index (χ4n) is 4.54. The lowest BCUT2D eigenvalue weighted by molar-refractivity contribution is 0.121. The minimum Gasteiger partial charge on any atom is -0.332 e. The molecule has 1 aliphatic heterocycles. The van der Waals surface area contributed by atoms with Crippen LogP contribution in [-0.4, -0.2) is 29.3 Å². The van der Waals surface area contributed by atoms with E-state index < -0.39 is 18.2 Å². The second kappa shape index (κ2) is 8.65. The fourth-order valence-corrected chi connectivity index (χ4v) is 4.54. The highest BCUT2D eigenvalue weighted by atomic mass is 19.1. The highest BCUT2D eigenvalue weighted by Gasteiger charge is 2.47. The van der Waals surface area contributed by atoms with Crippen molar-refractivity contribution in [2.75, 3.05) is 0 Å². The van der Waals surface area contributed by atoms with E-state index in [9.17, 15) is 9.18 Å². The Balaban J connectivity index is 1.35. The van der Waals surface area contributed by atoms with Crippen LogP contribution in [0.3, 0.4) is 0 Å². The molecule has 2 heterocycles. The van der Waals surface area contributed by atoms with Gasteiger partial charge in [-0.05, 0) is 68.0 Å². The number of urea groups is 1. The predicted octanol–water partition coefficient (Wildman–Crippen LogP) is 3.22. The zero-order chi connectivity index (χ0) is 21.3. The number of amides is 2. The number of aromatic nitrogens is 1. The molecule has 6 atom stereocenters. The second-order valence-corrected chi connectivity index (χ2v) is 8.21. The van der Waals surface area contributed by atoms with Gasteiger partial charge < -0.3 is 10.6 Å². The van der Waals surface area contributed by atoms with Gasteiger partial charge in [0.15, 0.2) is 0 Å². The molecular weight excluding hydrogens is 388 g/mol. The van der Waals surface area contributed by atoms with Gasteiger partial charge in [0.05, 0.1) is 24.2 Å². The van der Waals surface area contributed by atoms with E-state index in [2.05, 4.69) is 26.5 Å². The lowest BCUT2D eigenvalue weighted by atomic mass is 9.76. The standard InChI is InChI=1S/C22H27F2N5O/c1-12-11-15(9-10-25-12)20-17-7-8-18(19(24)21(17)29-28-20)27-22(30)26-13(2)14-3-5-16(23)6-4-14/h3-6,9-11,13,17-21,28-29H,7-8H2,1-2H3,(H2,26,27,30)/t13-,17?,18?,19?,20?,21?/m1/s1. The first-order chi connectivity index (χ1) is 14.4. The molecule has 2 amide bonds. The van der Waals surface area contributed by atoms with Crippen LogP contribution < -0.4 is 21.5 Å². The molecule has 1 aromatic heterocycles. The number of carbonyl (C=O) groups excluding carboxylic acids is 1. The number of fused-ring (bicyclic) bond motifs is 1. The monoisotopic (exact) mass is 415 g/mol. The molecule has 5 unspecified atom stereocenters. The third kappa shape index (κ3) is 4.29. The van der Waals surface area contributed by atoms with Crippen LogP contribution in [0.2, 0.25) is 0 Å². The number of hydrazine groups is 1. The van der Waals surface area contributed by atoms with Crippen molar-refractivity contribution in [3.05, 3.63) is 65.2 Å². The van der Waals surface area contributed by atoms with Crippen molar-refractivity contribution in [3.63, 3.8) is 0 Å². The van der Waals surface area contributed by atoms with Crippen molar-refractivity contribution in [1.82, 2.24) is 26.5 Å². The van der Waals surface area contributed by atoms with Crippen LogP contribution in [0.15, 0.2) is 42.6 Å². The van der Waals surface area contributed by atoms with E-state index in [1.165, 1.54) is 12.1 Å². The summed E-state index contributed by atoms with van der Waals surface area (Å²) in [5.41, 5.74) is 9.13. The number of benzene rings is 1. The minimum absolute atomic E-state index is 0.0169. The fraction of sp³-hybridized carbons (Fsp3) is 0.455. The molecule has 1 saturated heterocycles. The van der Waals surface area contributed by atoms with Crippen LogP contribution >= 0.6 is 0 Å². The second-order valence-electron chi connectivity index (χ2n) is 8.21. The van der Waals surface area contributed by atoms with Crippen LogP contribution in [-0.2, 0) is 0 Å². The van der Waals surface area contributed by atoms with Crippen LogP contribution in [0.4, 0.5) is 13.6 Å². The zero-order valence-electron chi connectivity index (χ0n) is 17.0. The Morgan fingerprint density at radius 2 is 1.97 bits per heavy atom. The molecule has 2 fully saturated rings. The van der Waals surface area contributed by atoms with Gasteiger partial charge in [-0.3, -0.25) is 10.4 Å². The van der Waals surface area contributed by atoms with Crippen molar-refractivity contribution in [3.8, 4) is 0 Å². The Hall–Kier alpha value is -2.58. The first-order valence-electron chi connectivity index (χ1n) is 10.3. The van der Waals surface area contributed by atoms with Crippen LogP contribution in [0.25, 0.3) is 0 Å². The number of rotatable bonds is 4. The van der Waals surface area contributed by atoms with Gasteiger partial charge in [-0.15, -0.1) is 0 Å². The van der Waals surface area contributed by atoms with Crippen molar-refractivity contribution < 1.29 is 13.6 Å². The maximum atomic E-state index is 15.2. The zero-order valence-corrected chi connectivity index (χ0v) is 17.0. The van der Waals surface area contributed by atoms with Crippen LogP contribution in [0.5, 0.6) is 0 Å². The summed E-state index contributed by atoms with van der Waals surface area (Å²) in [5, 5.41) is 5.58. The Bertz CT molecular complexity index is 893. The molecule has 0 spiro atoms. The number of halogens is 2. The molecule has 1 aliphatic carbocycles. The molecule has 160 valence electrons. The quantitative estimate of drug-likeness (QED) is 0.618. The molecule has 0 bridgehead atoms. The maximum absolute atomic E-state index is 15.2. The maximum Gasteiger partial charge on any atom is 0.315 e. The number of hydrogen-bond donors (Lipinski definition) is 4. The van der Waals surface area contributed by atoms with Crippen molar-refractivity contribution in [2.24, 2.45) is 5.92 Å². The van der Waals surface area contributed by atoms with Gasteiger partial charge in [0, 0.05) is 11.9 Å². The average molecular weight is 415 g/mol. The summed E-state index contributed by atoms with van der Waals surface area (Å²) in [6, 6.07) is 8.25. The normalized spacial score (nSPS) is 29.1. The van der Waals surface area contributed by atoms with Gasteiger partial charge in [0.1, 0.15) is 12.0 Å². The van der Waals surface area contributed by atoms with Crippen molar-refractivity contribution >= 4 is 6.03 Å². The summed E-state index contributed by atoms with van der Waals surface area (Å²) in [6.07, 6.45) is 1.91. The van der Waals surface area contributed by atoms with E-state index >= 15 is 4.39 Å². The summed E-state index contributed by atoms with van der Waals surface area (Å²) in [5.74, 6) is -0.230. The number of nitrogens with zero attached hydrogens (tertiary/aromatic N) is 1. The number of carbonyl (C=O) groups is 1. The molecule has 4 N–H and O–H groups in total. The third-order valence-corrected chi connectivity index (χ3v) is 6.15. The predicted molar refractivity (Wildman–Crippen MR) is 110 cm³/mol. The summed E-state index contributed by atoms with van der Waals surface area (Å²) in [7, 11) is 0. The Morgan fingerprint density at radius 3 is 2.70 bits per heavy atom. The van der Waals surface area contributed by atoms with E-state index in [0.29, 0.717) is 6.42 Å². The van der Waals surface area contributed by atoms with E-state index in [1.807, 2.05) is 19.1 Å². The summed E-state index contributed by atoms with van der Waals surface area (Å²) >= 11 is 0. The van der Waals surface area contributed by atoms with Crippen LogP contribution in [0, 0.1) is 18.7 Å². The Labute approximate surface area is 174 Å². The largest absolute Gasteiger partial charge is 0.332 e. The van der Waals surface area contributed by atoms with Crippen LogP contribution in [0.1, 0.15) is 48.7 Å². The highest BCUT2D eigenvalue weighted by Crippen LogP contribution is 2.39. The molecule has 30 heavy (non-hydrogen) atoms. The lowest BCUT2D eigenvalue weighted by Gasteiger charge is -2.36. The van der Waals surface area contributed by atoms with Gasteiger partial charge >= 0.3 is 6.03 Å². The lowest BCUT2D eigenvalue weighted by Crippen LogP contribution is -2.56. The highest BCUT2D eigenvalue weighted by molar-refractivity contribution is 5.74. The molecule has 8 heteroatoms. The van der Waals surface area contributed by atoms with Crippen molar-refractivity contribution in [1.29, 1.82) is 0 Å². The van der Waals surface area contributed by atoms with Crippen molar-refractivity contribution in [2.45, 2.75) is 57.0 Å². The topological polar surface area (TPSA) is 78.1 Å². The molecule has 2 aliphatic rings. The smallest absolute Gasteiger partial charge is 0.315 e. The number of hydrogen-bond acceptors (Lipinski definition) is 4. The van der Waals surface area contributed by atoms with E-state index in [-0.39, 0.29) is 29.9 Å². The molecule has 0 radical (unpaired) electrons. The summed E-state index contributed by atoms with van der Waals surface area (Å²) in [6.45, 7) is 3.74. The van der Waals surface area contributed by atoms with Gasteiger partial charge in [-0.25, -0.2) is 19.0 Å². The molecule has 4 rings (SSSR count).